The number of nitrogens with zero attached hydrogens (tertiary/aromatic N) is 1. The van der Waals surface area contributed by atoms with Crippen molar-refractivity contribution >= 4 is 45.8 Å². The van der Waals surface area contributed by atoms with Gasteiger partial charge in [0.2, 0.25) is 5.91 Å². The molecule has 7 heteroatoms. The van der Waals surface area contributed by atoms with Crippen molar-refractivity contribution in [2.75, 3.05) is 26.4 Å². The van der Waals surface area contributed by atoms with Crippen LogP contribution in [0.1, 0.15) is 16.8 Å². The highest BCUT2D eigenvalue weighted by Gasteiger charge is 2.15. The molecule has 0 aliphatic rings. The molecule has 0 atom stereocenters. The first-order valence-electron chi connectivity index (χ1n) is 5.46. The Morgan fingerprint density at radius 1 is 1.42 bits per heavy atom. The van der Waals surface area contributed by atoms with E-state index in [0.29, 0.717) is 17.8 Å². The molecule has 0 radical (unpaired) electrons. The highest BCUT2D eigenvalue weighted by molar-refractivity contribution is 9.10. The van der Waals surface area contributed by atoms with E-state index in [9.17, 15) is 9.59 Å². The van der Waals surface area contributed by atoms with E-state index in [0.717, 1.165) is 4.47 Å². The Morgan fingerprint density at radius 3 is 2.58 bits per heavy atom. The molecule has 0 aromatic heterocycles. The lowest BCUT2D eigenvalue weighted by Crippen LogP contribution is -2.31. The highest BCUT2D eigenvalue weighted by atomic mass is 79.9. The average Bonchev–Trinajstić information content (AvgIpc) is 2.34. The Morgan fingerprint density at radius 2 is 2.05 bits per heavy atom. The van der Waals surface area contributed by atoms with Crippen molar-refractivity contribution in [3.8, 4) is 0 Å². The summed E-state index contributed by atoms with van der Waals surface area (Å²) in [6.45, 7) is 0.355. The third-order valence-electron chi connectivity index (χ3n) is 2.54. The van der Waals surface area contributed by atoms with Crippen LogP contribution in [-0.2, 0) is 4.79 Å². The number of nitrogens with one attached hydrogen (secondary N) is 1. The van der Waals surface area contributed by atoms with Crippen molar-refractivity contribution in [1.29, 1.82) is 0 Å². The maximum Gasteiger partial charge on any atom is 0.255 e. The van der Waals surface area contributed by atoms with Crippen LogP contribution in [0.3, 0.4) is 0 Å². The molecule has 5 nitrogen and oxygen atoms in total. The van der Waals surface area contributed by atoms with Crippen molar-refractivity contribution in [1.82, 2.24) is 10.2 Å². The summed E-state index contributed by atoms with van der Waals surface area (Å²) in [5.41, 5.74) is 6.65. The van der Waals surface area contributed by atoms with Crippen molar-refractivity contribution in [2.24, 2.45) is 0 Å². The van der Waals surface area contributed by atoms with Crippen LogP contribution in [0.4, 0.5) is 5.69 Å². The van der Waals surface area contributed by atoms with Gasteiger partial charge in [0.25, 0.3) is 5.91 Å². The van der Waals surface area contributed by atoms with Gasteiger partial charge in [0.05, 0.1) is 5.56 Å². The predicted molar refractivity (Wildman–Crippen MR) is 81.4 cm³/mol. The SMILES string of the molecule is CNC(=O)CCN(C)C(=O)c1ccc(Br)cc1N.Cl. The van der Waals surface area contributed by atoms with Crippen LogP contribution in [0.15, 0.2) is 22.7 Å². The molecule has 0 heterocycles. The van der Waals surface area contributed by atoms with Gasteiger partial charge in [-0.15, -0.1) is 12.4 Å². The third kappa shape index (κ3) is 5.08. The third-order valence-corrected chi connectivity index (χ3v) is 3.04. The minimum Gasteiger partial charge on any atom is -0.398 e. The van der Waals surface area contributed by atoms with Crippen molar-refractivity contribution < 1.29 is 9.59 Å². The van der Waals surface area contributed by atoms with Gasteiger partial charge in [-0.05, 0) is 18.2 Å². The molecule has 19 heavy (non-hydrogen) atoms. The van der Waals surface area contributed by atoms with E-state index in [2.05, 4.69) is 21.2 Å². The number of amides is 2. The number of rotatable bonds is 4. The molecular formula is C12H17BrClN3O2. The molecule has 0 bridgehead atoms. The number of hydrogen-bond donors (Lipinski definition) is 2. The summed E-state index contributed by atoms with van der Waals surface area (Å²) in [7, 11) is 3.21. The molecule has 106 valence electrons. The largest absolute Gasteiger partial charge is 0.398 e. The Bertz CT molecular complexity index is 468. The first-order chi connectivity index (χ1) is 8.45. The Balaban J connectivity index is 0.00000324. The molecule has 1 aromatic carbocycles. The zero-order chi connectivity index (χ0) is 13.7. The van der Waals surface area contributed by atoms with E-state index >= 15 is 0 Å². The van der Waals surface area contributed by atoms with Gasteiger partial charge in [0, 0.05) is 37.2 Å². The molecule has 2 amide bonds. The molecule has 0 fully saturated rings. The minimum absolute atomic E-state index is 0. The molecule has 0 aliphatic heterocycles. The zero-order valence-corrected chi connectivity index (χ0v) is 13.2. The summed E-state index contributed by atoms with van der Waals surface area (Å²) in [4.78, 5) is 24.7. The number of nitrogen functional groups attached to an aromatic ring is 1. The maximum atomic E-state index is 12.1. The fourth-order valence-corrected chi connectivity index (χ4v) is 1.81. The molecule has 0 saturated carbocycles. The van der Waals surface area contributed by atoms with Gasteiger partial charge in [-0.1, -0.05) is 15.9 Å². The van der Waals surface area contributed by atoms with E-state index in [4.69, 9.17) is 5.73 Å². The molecule has 0 unspecified atom stereocenters. The Kier molecular flexibility index (Phi) is 7.48. The molecule has 1 aromatic rings. The quantitative estimate of drug-likeness (QED) is 0.811. The molecule has 1 rings (SSSR count). The van der Waals surface area contributed by atoms with Crippen molar-refractivity contribution in [3.05, 3.63) is 28.2 Å². The van der Waals surface area contributed by atoms with Crippen molar-refractivity contribution in [2.45, 2.75) is 6.42 Å². The summed E-state index contributed by atoms with van der Waals surface area (Å²) in [6.07, 6.45) is 0.273. The molecule has 0 saturated heterocycles. The highest BCUT2D eigenvalue weighted by Crippen LogP contribution is 2.19. The second-order valence-corrected chi connectivity index (χ2v) is 4.80. The Hall–Kier alpha value is -1.27. The number of carbonyl (C=O) groups excluding carboxylic acids is 2. The molecule has 3 N–H and O–H groups in total. The summed E-state index contributed by atoms with van der Waals surface area (Å²) in [5, 5.41) is 2.51. The van der Waals surface area contributed by atoms with Crippen LogP contribution in [0.25, 0.3) is 0 Å². The van der Waals surface area contributed by atoms with Crippen LogP contribution in [0.2, 0.25) is 0 Å². The number of anilines is 1. The lowest BCUT2D eigenvalue weighted by Gasteiger charge is -2.17. The maximum absolute atomic E-state index is 12.1. The number of carbonyl (C=O) groups is 2. The zero-order valence-electron chi connectivity index (χ0n) is 10.8. The molecule has 0 spiro atoms. The summed E-state index contributed by atoms with van der Waals surface area (Å²) < 4.78 is 0.824. The average molecular weight is 351 g/mol. The second-order valence-electron chi connectivity index (χ2n) is 3.88. The van der Waals surface area contributed by atoms with E-state index in [1.165, 1.54) is 4.90 Å². The van der Waals surface area contributed by atoms with Crippen LogP contribution < -0.4 is 11.1 Å². The van der Waals surface area contributed by atoms with Crippen LogP contribution in [0, 0.1) is 0 Å². The fraction of sp³-hybridized carbons (Fsp3) is 0.333. The van der Waals surface area contributed by atoms with Crippen molar-refractivity contribution in [3.63, 3.8) is 0 Å². The predicted octanol–water partition coefficient (Wildman–Crippen LogP) is 1.66. The van der Waals surface area contributed by atoms with E-state index in [1.807, 2.05) is 0 Å². The topological polar surface area (TPSA) is 75.4 Å². The number of benzene rings is 1. The lowest BCUT2D eigenvalue weighted by molar-refractivity contribution is -0.120. The smallest absolute Gasteiger partial charge is 0.255 e. The standard InChI is InChI=1S/C12H16BrN3O2.ClH/c1-15-11(17)5-6-16(2)12(18)9-4-3-8(13)7-10(9)14;/h3-4,7H,5-6,14H2,1-2H3,(H,15,17);1H. The number of halogens is 2. The van der Waals surface area contributed by atoms with Gasteiger partial charge < -0.3 is 16.0 Å². The van der Waals surface area contributed by atoms with Gasteiger partial charge in [0.15, 0.2) is 0 Å². The number of nitrogens with two attached hydrogens (primary N) is 1. The van der Waals surface area contributed by atoms with Gasteiger partial charge >= 0.3 is 0 Å². The van der Waals surface area contributed by atoms with Gasteiger partial charge in [0.1, 0.15) is 0 Å². The Labute approximate surface area is 127 Å². The minimum atomic E-state index is -0.191. The van der Waals surface area contributed by atoms with E-state index in [1.54, 1.807) is 32.3 Å². The normalized spacial score (nSPS) is 9.42. The van der Waals surface area contributed by atoms with E-state index in [-0.39, 0.29) is 30.6 Å². The van der Waals surface area contributed by atoms with Crippen LogP contribution in [-0.4, -0.2) is 37.4 Å². The van der Waals surface area contributed by atoms with E-state index < -0.39 is 0 Å². The first-order valence-corrected chi connectivity index (χ1v) is 6.26. The lowest BCUT2D eigenvalue weighted by atomic mass is 10.1. The van der Waals surface area contributed by atoms with Crippen LogP contribution in [0.5, 0.6) is 0 Å². The molecular weight excluding hydrogens is 334 g/mol. The second kappa shape index (κ2) is 8.01. The van der Waals surface area contributed by atoms with Crippen LogP contribution >= 0.6 is 28.3 Å². The van der Waals surface area contributed by atoms with Gasteiger partial charge in [-0.25, -0.2) is 0 Å². The monoisotopic (exact) mass is 349 g/mol. The fourth-order valence-electron chi connectivity index (χ4n) is 1.43. The van der Waals surface area contributed by atoms with Gasteiger partial charge in [-0.3, -0.25) is 9.59 Å². The summed E-state index contributed by atoms with van der Waals surface area (Å²) >= 11 is 3.28. The van der Waals surface area contributed by atoms with Gasteiger partial charge in [-0.2, -0.15) is 0 Å². The number of hydrogen-bond acceptors (Lipinski definition) is 3. The first kappa shape index (κ1) is 17.7. The summed E-state index contributed by atoms with van der Waals surface area (Å²) in [5.74, 6) is -0.290. The summed E-state index contributed by atoms with van der Waals surface area (Å²) in [6, 6.07) is 5.11. The molecule has 0 aliphatic carbocycles.